The van der Waals surface area contributed by atoms with E-state index in [0.717, 1.165) is 37.5 Å². The van der Waals surface area contributed by atoms with Crippen LogP contribution in [0, 0.1) is 6.92 Å². The molecule has 3 aromatic rings. The summed E-state index contributed by atoms with van der Waals surface area (Å²) < 4.78 is 6.87. The fourth-order valence-corrected chi connectivity index (χ4v) is 4.31. The first-order chi connectivity index (χ1) is 15.1. The number of carbonyl (C=O) groups excluding carboxylic acids is 1. The molecule has 1 saturated heterocycles. The Balaban J connectivity index is 1.44. The number of hydrogen-bond donors (Lipinski definition) is 0. The maximum atomic E-state index is 13.3. The lowest BCUT2D eigenvalue weighted by Crippen LogP contribution is -2.35. The minimum atomic E-state index is -0.0454. The summed E-state index contributed by atoms with van der Waals surface area (Å²) in [7, 11) is 1.67. The fourth-order valence-electron chi connectivity index (χ4n) is 3.96. The Hall–Kier alpha value is -2.83. The molecule has 4 rings (SSSR count). The van der Waals surface area contributed by atoms with Crippen molar-refractivity contribution in [2.75, 3.05) is 33.3 Å². The zero-order valence-corrected chi connectivity index (χ0v) is 18.7. The van der Waals surface area contributed by atoms with Gasteiger partial charge in [-0.3, -0.25) is 9.69 Å². The van der Waals surface area contributed by atoms with Gasteiger partial charge in [0.15, 0.2) is 0 Å². The van der Waals surface area contributed by atoms with Crippen molar-refractivity contribution in [2.24, 2.45) is 0 Å². The molecule has 0 bridgehead atoms. The van der Waals surface area contributed by atoms with E-state index in [9.17, 15) is 4.79 Å². The van der Waals surface area contributed by atoms with E-state index in [4.69, 9.17) is 16.3 Å². The molecule has 6 nitrogen and oxygen atoms in total. The summed E-state index contributed by atoms with van der Waals surface area (Å²) in [4.78, 5) is 17.6. The highest BCUT2D eigenvalue weighted by Gasteiger charge is 2.27. The summed E-state index contributed by atoms with van der Waals surface area (Å²) in [5.74, 6) is 0.815. The first kappa shape index (κ1) is 21.4. The van der Waals surface area contributed by atoms with E-state index >= 15 is 0 Å². The molecule has 0 N–H and O–H groups in total. The smallest absolute Gasteiger partial charge is 0.258 e. The molecule has 0 spiro atoms. The zero-order chi connectivity index (χ0) is 21.8. The van der Waals surface area contributed by atoms with E-state index in [1.165, 1.54) is 5.56 Å². The normalized spacial score (nSPS) is 15.0. The summed E-state index contributed by atoms with van der Waals surface area (Å²) in [5, 5.41) is 4.89. The van der Waals surface area contributed by atoms with Crippen molar-refractivity contribution in [3.05, 3.63) is 76.6 Å². The number of methoxy groups -OCH3 is 1. The van der Waals surface area contributed by atoms with Gasteiger partial charge in [-0.15, -0.1) is 0 Å². The number of aromatic nitrogens is 2. The highest BCUT2D eigenvalue weighted by molar-refractivity contribution is 6.33. The molecule has 0 aliphatic carbocycles. The summed E-state index contributed by atoms with van der Waals surface area (Å²) in [6.45, 7) is 5.85. The second-order valence-corrected chi connectivity index (χ2v) is 8.13. The molecule has 1 fully saturated rings. The van der Waals surface area contributed by atoms with Gasteiger partial charge in [-0.1, -0.05) is 41.9 Å². The SMILES string of the molecule is COc1ccc(CN2CCCN(C(=O)c3c(C)nn(-c4ccccc4)c3Cl)CC2)cc1. The molecule has 2 heterocycles. The van der Waals surface area contributed by atoms with E-state index in [0.29, 0.717) is 29.5 Å². The molecule has 1 aliphatic heterocycles. The van der Waals surface area contributed by atoms with Crippen LogP contribution >= 0.6 is 11.6 Å². The summed E-state index contributed by atoms with van der Waals surface area (Å²) in [6, 6.07) is 17.8. The number of nitrogens with zero attached hydrogens (tertiary/aromatic N) is 4. The van der Waals surface area contributed by atoms with Gasteiger partial charge in [0, 0.05) is 32.7 Å². The van der Waals surface area contributed by atoms with E-state index in [1.807, 2.05) is 54.3 Å². The van der Waals surface area contributed by atoms with Crippen LogP contribution in [-0.4, -0.2) is 58.8 Å². The molecular formula is C24H27ClN4O2. The molecule has 1 amide bonds. The van der Waals surface area contributed by atoms with Crippen LogP contribution in [0.3, 0.4) is 0 Å². The molecule has 1 aliphatic rings. The third kappa shape index (κ3) is 4.75. The van der Waals surface area contributed by atoms with Gasteiger partial charge in [0.05, 0.1) is 24.1 Å². The lowest BCUT2D eigenvalue weighted by Gasteiger charge is -2.22. The minimum Gasteiger partial charge on any atom is -0.497 e. The summed E-state index contributed by atoms with van der Waals surface area (Å²) in [5.41, 5.74) is 3.23. The van der Waals surface area contributed by atoms with E-state index in [1.54, 1.807) is 11.8 Å². The molecule has 7 heteroatoms. The molecule has 0 atom stereocenters. The monoisotopic (exact) mass is 438 g/mol. The van der Waals surface area contributed by atoms with Gasteiger partial charge in [-0.25, -0.2) is 4.68 Å². The third-order valence-electron chi connectivity index (χ3n) is 5.66. The lowest BCUT2D eigenvalue weighted by atomic mass is 10.2. The van der Waals surface area contributed by atoms with Crippen LogP contribution in [0.25, 0.3) is 5.69 Å². The van der Waals surface area contributed by atoms with Gasteiger partial charge in [0.1, 0.15) is 10.9 Å². The number of benzene rings is 2. The molecule has 2 aromatic carbocycles. The van der Waals surface area contributed by atoms with Gasteiger partial charge < -0.3 is 9.64 Å². The number of amides is 1. The van der Waals surface area contributed by atoms with Crippen LogP contribution in [0.1, 0.15) is 28.0 Å². The molecule has 0 unspecified atom stereocenters. The molecule has 162 valence electrons. The van der Waals surface area contributed by atoms with Crippen molar-refractivity contribution in [2.45, 2.75) is 19.9 Å². The molecule has 1 aromatic heterocycles. The van der Waals surface area contributed by atoms with Crippen LogP contribution in [-0.2, 0) is 6.54 Å². The number of ether oxygens (including phenoxy) is 1. The molecule has 0 radical (unpaired) electrons. The van der Waals surface area contributed by atoms with E-state index in [-0.39, 0.29) is 5.91 Å². The Morgan fingerprint density at radius 1 is 1.03 bits per heavy atom. The van der Waals surface area contributed by atoms with Crippen LogP contribution in [0.4, 0.5) is 0 Å². The van der Waals surface area contributed by atoms with Crippen LogP contribution in [0.15, 0.2) is 54.6 Å². The van der Waals surface area contributed by atoms with Crippen molar-refractivity contribution >= 4 is 17.5 Å². The van der Waals surface area contributed by atoms with Gasteiger partial charge in [0.25, 0.3) is 5.91 Å². The topological polar surface area (TPSA) is 50.6 Å². The average Bonchev–Trinajstić information content (AvgIpc) is 2.94. The minimum absolute atomic E-state index is 0.0454. The van der Waals surface area contributed by atoms with Gasteiger partial charge in [0.2, 0.25) is 0 Å². The standard InChI is InChI=1S/C24H27ClN4O2/c1-18-22(23(25)29(26-18)20-7-4-3-5-8-20)24(30)28-14-6-13-27(15-16-28)17-19-9-11-21(31-2)12-10-19/h3-5,7-12H,6,13-17H2,1-2H3. The number of carbonyl (C=O) groups is 1. The predicted octanol–water partition coefficient (Wildman–Crippen LogP) is 4.19. The maximum absolute atomic E-state index is 13.3. The Morgan fingerprint density at radius 3 is 2.48 bits per heavy atom. The number of rotatable bonds is 5. The van der Waals surface area contributed by atoms with E-state index in [2.05, 4.69) is 22.1 Å². The van der Waals surface area contributed by atoms with Crippen LogP contribution in [0.2, 0.25) is 5.15 Å². The first-order valence-corrected chi connectivity index (χ1v) is 10.9. The number of halogens is 1. The maximum Gasteiger partial charge on any atom is 0.258 e. The quantitative estimate of drug-likeness (QED) is 0.599. The fraction of sp³-hybridized carbons (Fsp3) is 0.333. The molecule has 0 saturated carbocycles. The first-order valence-electron chi connectivity index (χ1n) is 10.5. The second-order valence-electron chi connectivity index (χ2n) is 7.77. The van der Waals surface area contributed by atoms with Crippen LogP contribution in [0.5, 0.6) is 5.75 Å². The van der Waals surface area contributed by atoms with Crippen LogP contribution < -0.4 is 4.74 Å². The van der Waals surface area contributed by atoms with Crippen molar-refractivity contribution in [3.8, 4) is 11.4 Å². The number of aryl methyl sites for hydroxylation is 1. The van der Waals surface area contributed by atoms with Gasteiger partial charge in [-0.2, -0.15) is 5.10 Å². The number of para-hydroxylation sites is 1. The molecular weight excluding hydrogens is 412 g/mol. The highest BCUT2D eigenvalue weighted by Crippen LogP contribution is 2.25. The third-order valence-corrected chi connectivity index (χ3v) is 6.01. The van der Waals surface area contributed by atoms with Crippen molar-refractivity contribution < 1.29 is 9.53 Å². The summed E-state index contributed by atoms with van der Waals surface area (Å²) in [6.07, 6.45) is 0.922. The lowest BCUT2D eigenvalue weighted by molar-refractivity contribution is 0.0760. The Morgan fingerprint density at radius 2 is 1.77 bits per heavy atom. The van der Waals surface area contributed by atoms with Gasteiger partial charge >= 0.3 is 0 Å². The predicted molar refractivity (Wildman–Crippen MR) is 122 cm³/mol. The average molecular weight is 439 g/mol. The van der Waals surface area contributed by atoms with Crippen molar-refractivity contribution in [3.63, 3.8) is 0 Å². The Kier molecular flexibility index (Phi) is 6.59. The highest BCUT2D eigenvalue weighted by atomic mass is 35.5. The summed E-state index contributed by atoms with van der Waals surface area (Å²) >= 11 is 6.61. The Bertz CT molecular complexity index is 1030. The Labute approximate surface area is 188 Å². The number of hydrogen-bond acceptors (Lipinski definition) is 4. The van der Waals surface area contributed by atoms with Crippen molar-refractivity contribution in [1.82, 2.24) is 19.6 Å². The largest absolute Gasteiger partial charge is 0.497 e. The van der Waals surface area contributed by atoms with Gasteiger partial charge in [-0.05, 0) is 43.2 Å². The van der Waals surface area contributed by atoms with E-state index < -0.39 is 0 Å². The van der Waals surface area contributed by atoms with Crippen molar-refractivity contribution in [1.29, 1.82) is 0 Å². The molecule has 31 heavy (non-hydrogen) atoms. The second kappa shape index (κ2) is 9.54. The zero-order valence-electron chi connectivity index (χ0n) is 17.9.